The van der Waals surface area contributed by atoms with E-state index in [4.69, 9.17) is 4.74 Å². The zero-order valence-corrected chi connectivity index (χ0v) is 12.8. The summed E-state index contributed by atoms with van der Waals surface area (Å²) in [6.45, 7) is 7.68. The summed E-state index contributed by atoms with van der Waals surface area (Å²) in [5, 5.41) is 3.30. The molecule has 1 heterocycles. The van der Waals surface area contributed by atoms with E-state index in [-0.39, 0.29) is 36.7 Å². The van der Waals surface area contributed by atoms with E-state index in [0.29, 0.717) is 5.75 Å². The molecule has 1 saturated heterocycles. The molecule has 110 valence electrons. The highest BCUT2D eigenvalue weighted by Gasteiger charge is 2.16. The molecule has 19 heavy (non-hydrogen) atoms. The second-order valence-electron chi connectivity index (χ2n) is 4.52. The third-order valence-corrected chi connectivity index (χ3v) is 2.74. The van der Waals surface area contributed by atoms with E-state index < -0.39 is 0 Å². The SMILES string of the molecule is CC(C)Oc1cc(F)ccc1N1CCNCC1.Cl.Cl. The van der Waals surface area contributed by atoms with Crippen LogP contribution in [0.2, 0.25) is 0 Å². The molecular weight excluding hydrogens is 290 g/mol. The maximum atomic E-state index is 13.3. The normalized spacial score (nSPS) is 14.6. The summed E-state index contributed by atoms with van der Waals surface area (Å²) in [4.78, 5) is 2.23. The van der Waals surface area contributed by atoms with E-state index in [0.717, 1.165) is 31.9 Å². The zero-order chi connectivity index (χ0) is 12.3. The fourth-order valence-corrected chi connectivity index (χ4v) is 2.00. The summed E-state index contributed by atoms with van der Waals surface area (Å²) in [5.41, 5.74) is 0.988. The minimum atomic E-state index is -0.250. The van der Waals surface area contributed by atoms with E-state index >= 15 is 0 Å². The number of nitrogens with zero attached hydrogens (tertiary/aromatic N) is 1. The van der Waals surface area contributed by atoms with Crippen LogP contribution in [-0.4, -0.2) is 32.3 Å². The van der Waals surface area contributed by atoms with Crippen molar-refractivity contribution in [3.63, 3.8) is 0 Å². The molecule has 2 rings (SSSR count). The second-order valence-corrected chi connectivity index (χ2v) is 4.52. The summed E-state index contributed by atoms with van der Waals surface area (Å²) >= 11 is 0. The number of ether oxygens (including phenoxy) is 1. The molecule has 1 aliphatic heterocycles. The molecule has 1 N–H and O–H groups in total. The lowest BCUT2D eigenvalue weighted by Gasteiger charge is -2.31. The van der Waals surface area contributed by atoms with Gasteiger partial charge in [0.15, 0.2) is 0 Å². The maximum absolute atomic E-state index is 13.3. The molecule has 0 bridgehead atoms. The lowest BCUT2D eigenvalue weighted by atomic mass is 10.2. The largest absolute Gasteiger partial charge is 0.489 e. The first-order valence-corrected chi connectivity index (χ1v) is 6.08. The molecule has 0 atom stereocenters. The first-order valence-electron chi connectivity index (χ1n) is 6.08. The van der Waals surface area contributed by atoms with Crippen molar-refractivity contribution >= 4 is 30.5 Å². The standard InChI is InChI=1S/C13H19FN2O.2ClH/c1-10(2)17-13-9-11(14)3-4-12(13)16-7-5-15-6-8-16;;/h3-4,9-10,15H,5-8H2,1-2H3;2*1H. The molecule has 0 aliphatic carbocycles. The first-order chi connectivity index (χ1) is 8.16. The quantitative estimate of drug-likeness (QED) is 0.929. The maximum Gasteiger partial charge on any atom is 0.145 e. The Bertz CT molecular complexity index is 385. The Morgan fingerprint density at radius 2 is 1.84 bits per heavy atom. The average Bonchev–Trinajstić information content (AvgIpc) is 2.29. The topological polar surface area (TPSA) is 24.5 Å². The Morgan fingerprint density at radius 1 is 1.21 bits per heavy atom. The van der Waals surface area contributed by atoms with E-state index in [2.05, 4.69) is 10.2 Å². The smallest absolute Gasteiger partial charge is 0.145 e. The highest BCUT2D eigenvalue weighted by molar-refractivity contribution is 5.85. The van der Waals surface area contributed by atoms with Gasteiger partial charge in [0.1, 0.15) is 11.6 Å². The molecule has 0 amide bonds. The second kappa shape index (κ2) is 8.46. The molecule has 1 fully saturated rings. The van der Waals surface area contributed by atoms with Crippen LogP contribution in [0.4, 0.5) is 10.1 Å². The van der Waals surface area contributed by atoms with Crippen LogP contribution in [-0.2, 0) is 0 Å². The predicted octanol–water partition coefficient (Wildman–Crippen LogP) is 2.87. The van der Waals surface area contributed by atoms with Crippen molar-refractivity contribution in [2.75, 3.05) is 31.1 Å². The Kier molecular flexibility index (Phi) is 8.14. The van der Waals surface area contributed by atoms with Crippen molar-refractivity contribution in [1.29, 1.82) is 0 Å². The Balaban J connectivity index is 0.00000162. The lowest BCUT2D eigenvalue weighted by molar-refractivity contribution is 0.241. The van der Waals surface area contributed by atoms with Crippen molar-refractivity contribution in [3.8, 4) is 5.75 Å². The van der Waals surface area contributed by atoms with Gasteiger partial charge in [-0.3, -0.25) is 0 Å². The molecule has 1 aromatic rings. The van der Waals surface area contributed by atoms with Crippen LogP contribution in [0.3, 0.4) is 0 Å². The van der Waals surface area contributed by atoms with Crippen LogP contribution in [0, 0.1) is 5.82 Å². The van der Waals surface area contributed by atoms with Gasteiger partial charge in [0.05, 0.1) is 11.8 Å². The first kappa shape index (κ1) is 18.3. The van der Waals surface area contributed by atoms with Gasteiger partial charge < -0.3 is 15.0 Å². The Morgan fingerprint density at radius 3 is 2.42 bits per heavy atom. The minimum absolute atomic E-state index is 0. The van der Waals surface area contributed by atoms with Gasteiger partial charge in [-0.1, -0.05) is 0 Å². The summed E-state index contributed by atoms with van der Waals surface area (Å²) in [6, 6.07) is 4.76. The predicted molar refractivity (Wildman–Crippen MR) is 81.7 cm³/mol. The van der Waals surface area contributed by atoms with E-state index in [1.54, 1.807) is 6.07 Å². The molecule has 0 unspecified atom stereocenters. The zero-order valence-electron chi connectivity index (χ0n) is 11.2. The van der Waals surface area contributed by atoms with Crippen molar-refractivity contribution in [3.05, 3.63) is 24.0 Å². The lowest BCUT2D eigenvalue weighted by Crippen LogP contribution is -2.43. The van der Waals surface area contributed by atoms with Gasteiger partial charge in [0.2, 0.25) is 0 Å². The van der Waals surface area contributed by atoms with Crippen molar-refractivity contribution < 1.29 is 9.13 Å². The summed E-state index contributed by atoms with van der Waals surface area (Å²) in [7, 11) is 0. The van der Waals surface area contributed by atoms with E-state index in [1.165, 1.54) is 12.1 Å². The van der Waals surface area contributed by atoms with Gasteiger partial charge in [0.25, 0.3) is 0 Å². The molecule has 1 aromatic carbocycles. The number of nitrogens with one attached hydrogen (secondary N) is 1. The van der Waals surface area contributed by atoms with Gasteiger partial charge in [-0.15, -0.1) is 24.8 Å². The van der Waals surface area contributed by atoms with Crippen LogP contribution >= 0.6 is 24.8 Å². The van der Waals surface area contributed by atoms with Crippen molar-refractivity contribution in [2.45, 2.75) is 20.0 Å². The highest BCUT2D eigenvalue weighted by atomic mass is 35.5. The molecule has 1 aliphatic rings. The highest BCUT2D eigenvalue weighted by Crippen LogP contribution is 2.30. The molecule has 0 saturated carbocycles. The molecule has 0 radical (unpaired) electrons. The van der Waals surface area contributed by atoms with Gasteiger partial charge in [-0.25, -0.2) is 4.39 Å². The monoisotopic (exact) mass is 310 g/mol. The third-order valence-electron chi connectivity index (χ3n) is 2.74. The van der Waals surface area contributed by atoms with Crippen molar-refractivity contribution in [1.82, 2.24) is 5.32 Å². The number of rotatable bonds is 3. The number of benzene rings is 1. The summed E-state index contributed by atoms with van der Waals surface area (Å²) in [6.07, 6.45) is 0.0541. The average molecular weight is 311 g/mol. The van der Waals surface area contributed by atoms with Crippen LogP contribution in [0.5, 0.6) is 5.75 Å². The van der Waals surface area contributed by atoms with Crippen LogP contribution < -0.4 is 15.0 Å². The minimum Gasteiger partial charge on any atom is -0.489 e. The molecule has 0 aromatic heterocycles. The van der Waals surface area contributed by atoms with Gasteiger partial charge in [-0.05, 0) is 26.0 Å². The van der Waals surface area contributed by atoms with E-state index in [1.807, 2.05) is 13.8 Å². The number of hydrogen-bond acceptors (Lipinski definition) is 3. The van der Waals surface area contributed by atoms with Gasteiger partial charge in [-0.2, -0.15) is 0 Å². The van der Waals surface area contributed by atoms with Crippen LogP contribution in [0.25, 0.3) is 0 Å². The number of piperazine rings is 1. The summed E-state index contributed by atoms with van der Waals surface area (Å²) in [5.74, 6) is 0.390. The number of hydrogen-bond donors (Lipinski definition) is 1. The van der Waals surface area contributed by atoms with E-state index in [9.17, 15) is 4.39 Å². The van der Waals surface area contributed by atoms with Gasteiger partial charge >= 0.3 is 0 Å². The van der Waals surface area contributed by atoms with Gasteiger partial charge in [0, 0.05) is 32.2 Å². The summed E-state index contributed by atoms with van der Waals surface area (Å²) < 4.78 is 18.9. The van der Waals surface area contributed by atoms with Crippen molar-refractivity contribution in [2.24, 2.45) is 0 Å². The molecule has 6 heteroatoms. The number of anilines is 1. The Labute approximate surface area is 126 Å². The number of halogens is 3. The third kappa shape index (κ3) is 5.05. The molecule has 3 nitrogen and oxygen atoms in total. The molecular formula is C13H21Cl2FN2O. The van der Waals surface area contributed by atoms with Crippen LogP contribution in [0.15, 0.2) is 18.2 Å². The Hall–Kier alpha value is -0.710. The van der Waals surface area contributed by atoms with Crippen LogP contribution in [0.1, 0.15) is 13.8 Å². The fraction of sp³-hybridized carbons (Fsp3) is 0.538. The molecule has 0 spiro atoms. The fourth-order valence-electron chi connectivity index (χ4n) is 2.00.